The fraction of sp³-hybridized carbons (Fsp3) is 0.412. The van der Waals surface area contributed by atoms with Crippen molar-refractivity contribution in [1.82, 2.24) is 14.6 Å². The molecule has 1 N–H and O–H groups in total. The first-order valence-electron chi connectivity index (χ1n) is 7.90. The van der Waals surface area contributed by atoms with Crippen LogP contribution in [0.3, 0.4) is 0 Å². The number of fused-ring (bicyclic) bond motifs is 2. The summed E-state index contributed by atoms with van der Waals surface area (Å²) >= 11 is 1.60. The molecule has 1 aromatic carbocycles. The standard InChI is InChI=1S/C17H19N3OS/c1-2-15-19-20-14(10-21)16(18-17(20)22-15)13-8-7-11-5-3-4-6-12(11)9-13/h7-9,21H,2-6,10H2,1H3. The maximum Gasteiger partial charge on any atom is 0.213 e. The second-order valence-electron chi connectivity index (χ2n) is 5.80. The molecule has 0 amide bonds. The molecule has 0 saturated carbocycles. The highest BCUT2D eigenvalue weighted by molar-refractivity contribution is 7.16. The van der Waals surface area contributed by atoms with Crippen LogP contribution in [0.4, 0.5) is 0 Å². The van der Waals surface area contributed by atoms with E-state index in [2.05, 4.69) is 30.2 Å². The highest BCUT2D eigenvalue weighted by Gasteiger charge is 2.18. The van der Waals surface area contributed by atoms with E-state index < -0.39 is 0 Å². The van der Waals surface area contributed by atoms with Crippen molar-refractivity contribution in [3.05, 3.63) is 40.0 Å². The van der Waals surface area contributed by atoms with Gasteiger partial charge in [-0.2, -0.15) is 5.10 Å². The number of benzene rings is 1. The molecule has 2 heterocycles. The van der Waals surface area contributed by atoms with Crippen LogP contribution in [-0.4, -0.2) is 19.7 Å². The maximum atomic E-state index is 9.79. The van der Waals surface area contributed by atoms with E-state index in [9.17, 15) is 5.11 Å². The van der Waals surface area contributed by atoms with E-state index in [1.54, 1.807) is 15.9 Å². The zero-order valence-corrected chi connectivity index (χ0v) is 13.5. The van der Waals surface area contributed by atoms with Gasteiger partial charge in [-0.3, -0.25) is 0 Å². The van der Waals surface area contributed by atoms with Gasteiger partial charge in [0.15, 0.2) is 0 Å². The van der Waals surface area contributed by atoms with Crippen LogP contribution in [0, 0.1) is 0 Å². The van der Waals surface area contributed by atoms with Crippen molar-refractivity contribution in [2.45, 2.75) is 45.6 Å². The number of rotatable bonds is 3. The summed E-state index contributed by atoms with van der Waals surface area (Å²) in [5.74, 6) is 0. The molecule has 0 unspecified atom stereocenters. The Labute approximate surface area is 133 Å². The summed E-state index contributed by atoms with van der Waals surface area (Å²) in [7, 11) is 0. The molecule has 1 aliphatic carbocycles. The Kier molecular flexibility index (Phi) is 3.47. The molecule has 0 fully saturated rings. The summed E-state index contributed by atoms with van der Waals surface area (Å²) in [5, 5.41) is 15.4. The van der Waals surface area contributed by atoms with Crippen molar-refractivity contribution in [1.29, 1.82) is 0 Å². The van der Waals surface area contributed by atoms with Crippen LogP contribution >= 0.6 is 11.3 Å². The van der Waals surface area contributed by atoms with Gasteiger partial charge in [0.1, 0.15) is 5.01 Å². The molecule has 0 aliphatic heterocycles. The molecule has 4 nitrogen and oxygen atoms in total. The van der Waals surface area contributed by atoms with Crippen molar-refractivity contribution in [2.24, 2.45) is 0 Å². The Bertz CT molecular complexity index is 834. The van der Waals surface area contributed by atoms with E-state index in [-0.39, 0.29) is 6.61 Å². The molecule has 0 spiro atoms. The Hall–Kier alpha value is -1.72. The minimum Gasteiger partial charge on any atom is -0.390 e. The van der Waals surface area contributed by atoms with Gasteiger partial charge >= 0.3 is 0 Å². The van der Waals surface area contributed by atoms with Gasteiger partial charge in [-0.25, -0.2) is 9.50 Å². The molecule has 5 heteroatoms. The van der Waals surface area contributed by atoms with Crippen LogP contribution in [0.5, 0.6) is 0 Å². The fourth-order valence-electron chi connectivity index (χ4n) is 3.23. The number of hydrogen-bond acceptors (Lipinski definition) is 4. The monoisotopic (exact) mass is 313 g/mol. The molecular formula is C17H19N3OS. The van der Waals surface area contributed by atoms with Gasteiger partial charge in [0.05, 0.1) is 18.0 Å². The zero-order valence-electron chi connectivity index (χ0n) is 12.7. The Morgan fingerprint density at radius 2 is 2.05 bits per heavy atom. The SMILES string of the molecule is CCc1nn2c(CO)c(-c3ccc4c(c3)CCCC4)nc2s1. The quantitative estimate of drug-likeness (QED) is 0.806. The maximum absolute atomic E-state index is 9.79. The summed E-state index contributed by atoms with van der Waals surface area (Å²) in [5.41, 5.74) is 5.67. The van der Waals surface area contributed by atoms with Crippen molar-refractivity contribution in [3.63, 3.8) is 0 Å². The third-order valence-electron chi connectivity index (χ3n) is 4.41. The van der Waals surface area contributed by atoms with E-state index in [1.807, 2.05) is 0 Å². The molecule has 3 aromatic rings. The van der Waals surface area contributed by atoms with Crippen LogP contribution in [-0.2, 0) is 25.9 Å². The third kappa shape index (κ3) is 2.16. The van der Waals surface area contributed by atoms with Gasteiger partial charge in [0.25, 0.3) is 0 Å². The van der Waals surface area contributed by atoms with E-state index in [0.29, 0.717) is 0 Å². The highest BCUT2D eigenvalue weighted by Crippen LogP contribution is 2.31. The lowest BCUT2D eigenvalue weighted by molar-refractivity contribution is 0.275. The van der Waals surface area contributed by atoms with Gasteiger partial charge in [0.2, 0.25) is 4.96 Å². The predicted octanol–water partition coefficient (Wildman–Crippen LogP) is 3.39. The van der Waals surface area contributed by atoms with Gasteiger partial charge < -0.3 is 5.11 Å². The first-order chi connectivity index (χ1) is 10.8. The number of aromatic nitrogens is 3. The average molecular weight is 313 g/mol. The molecule has 114 valence electrons. The normalized spacial score (nSPS) is 14.5. The highest BCUT2D eigenvalue weighted by atomic mass is 32.1. The lowest BCUT2D eigenvalue weighted by atomic mass is 9.90. The Morgan fingerprint density at radius 1 is 1.23 bits per heavy atom. The molecule has 0 radical (unpaired) electrons. The van der Waals surface area contributed by atoms with E-state index >= 15 is 0 Å². The van der Waals surface area contributed by atoms with Crippen molar-refractivity contribution < 1.29 is 5.11 Å². The number of aliphatic hydroxyl groups excluding tert-OH is 1. The Balaban J connectivity index is 1.84. The summed E-state index contributed by atoms with van der Waals surface area (Å²) in [4.78, 5) is 5.60. The molecule has 0 saturated heterocycles. The van der Waals surface area contributed by atoms with Crippen LogP contribution in [0.25, 0.3) is 16.2 Å². The first kappa shape index (κ1) is 13.9. The second-order valence-corrected chi connectivity index (χ2v) is 6.84. The molecule has 22 heavy (non-hydrogen) atoms. The van der Waals surface area contributed by atoms with Crippen LogP contribution in [0.2, 0.25) is 0 Å². The van der Waals surface area contributed by atoms with Crippen molar-refractivity contribution >= 4 is 16.3 Å². The van der Waals surface area contributed by atoms with Gasteiger partial charge in [-0.05, 0) is 49.3 Å². The van der Waals surface area contributed by atoms with Crippen LogP contribution in [0.1, 0.15) is 41.6 Å². The van der Waals surface area contributed by atoms with Crippen molar-refractivity contribution in [3.8, 4) is 11.3 Å². The minimum absolute atomic E-state index is 0.0412. The topological polar surface area (TPSA) is 50.4 Å². The van der Waals surface area contributed by atoms with Crippen LogP contribution in [0.15, 0.2) is 18.2 Å². The van der Waals surface area contributed by atoms with Crippen LogP contribution < -0.4 is 0 Å². The summed E-state index contributed by atoms with van der Waals surface area (Å²) in [6, 6.07) is 6.61. The summed E-state index contributed by atoms with van der Waals surface area (Å²) < 4.78 is 1.80. The molecule has 1 aliphatic rings. The molecule has 0 atom stereocenters. The lowest BCUT2D eigenvalue weighted by Crippen LogP contribution is -2.03. The summed E-state index contributed by atoms with van der Waals surface area (Å²) in [6.07, 6.45) is 5.79. The summed E-state index contributed by atoms with van der Waals surface area (Å²) in [6.45, 7) is 2.04. The molecular weight excluding hydrogens is 294 g/mol. The van der Waals surface area contributed by atoms with E-state index in [1.165, 1.54) is 30.4 Å². The van der Waals surface area contributed by atoms with E-state index in [0.717, 1.165) is 39.8 Å². The number of nitrogens with zero attached hydrogens (tertiary/aromatic N) is 3. The lowest BCUT2D eigenvalue weighted by Gasteiger charge is -2.16. The smallest absolute Gasteiger partial charge is 0.213 e. The third-order valence-corrected chi connectivity index (χ3v) is 5.47. The Morgan fingerprint density at radius 3 is 2.82 bits per heavy atom. The van der Waals surface area contributed by atoms with Gasteiger partial charge in [-0.1, -0.05) is 30.4 Å². The minimum atomic E-state index is -0.0412. The largest absolute Gasteiger partial charge is 0.390 e. The molecule has 2 aromatic heterocycles. The van der Waals surface area contributed by atoms with Gasteiger partial charge in [0, 0.05) is 5.56 Å². The fourth-order valence-corrected chi connectivity index (χ4v) is 4.08. The molecule has 4 rings (SSSR count). The second kappa shape index (κ2) is 5.48. The number of hydrogen-bond donors (Lipinski definition) is 1. The number of aryl methyl sites for hydroxylation is 3. The zero-order chi connectivity index (χ0) is 15.1. The van der Waals surface area contributed by atoms with E-state index in [4.69, 9.17) is 4.98 Å². The number of imidazole rings is 1. The number of aliphatic hydroxyl groups is 1. The first-order valence-corrected chi connectivity index (χ1v) is 8.72. The van der Waals surface area contributed by atoms with Crippen molar-refractivity contribution in [2.75, 3.05) is 0 Å². The van der Waals surface area contributed by atoms with Gasteiger partial charge in [-0.15, -0.1) is 0 Å². The molecule has 0 bridgehead atoms. The average Bonchev–Trinajstić information content (AvgIpc) is 3.11. The predicted molar refractivity (Wildman–Crippen MR) is 88.2 cm³/mol.